The van der Waals surface area contributed by atoms with Crippen molar-refractivity contribution in [2.45, 2.75) is 116 Å². The molecule has 6 N–H and O–H groups in total. The van der Waals surface area contributed by atoms with E-state index in [4.69, 9.17) is 5.73 Å². The van der Waals surface area contributed by atoms with Crippen molar-refractivity contribution < 1.29 is 15.0 Å². The fraction of sp³-hybridized carbons (Fsp3) is 0.968. The van der Waals surface area contributed by atoms with Crippen LogP contribution in [-0.4, -0.2) is 54.5 Å². The molecule has 4 unspecified atom stereocenters. The van der Waals surface area contributed by atoms with Gasteiger partial charge in [-0.05, 0) is 150 Å². The summed E-state index contributed by atoms with van der Waals surface area (Å²) in [6.45, 7) is 11.4. The molecule has 0 saturated heterocycles. The van der Waals surface area contributed by atoms with E-state index in [0.717, 1.165) is 45.4 Å². The Labute approximate surface area is 226 Å². The van der Waals surface area contributed by atoms with Crippen molar-refractivity contribution >= 4 is 5.97 Å². The lowest BCUT2D eigenvalue weighted by Gasteiger charge is -2.62. The number of unbranched alkanes of at least 4 members (excludes halogenated alkanes) is 1. The molecule has 0 aliphatic heterocycles. The Bertz CT molecular complexity index is 749. The molecule has 0 bridgehead atoms. The van der Waals surface area contributed by atoms with Gasteiger partial charge in [0.1, 0.15) is 0 Å². The van der Waals surface area contributed by atoms with Gasteiger partial charge in [0.25, 0.3) is 0 Å². The molecule has 4 fully saturated rings. The average molecular weight is 520 g/mol. The number of aliphatic hydroxyl groups is 1. The average Bonchev–Trinajstić information content (AvgIpc) is 3.22. The molecule has 4 aliphatic rings. The number of fused-ring (bicyclic) bond motifs is 5. The number of hydrogen-bond acceptors (Lipinski definition) is 5. The molecule has 0 aromatic rings. The predicted octanol–water partition coefficient (Wildman–Crippen LogP) is 4.79. The molecule has 6 nitrogen and oxygen atoms in total. The number of aliphatic hydroxyl groups excluding tert-OH is 1. The molecule has 0 aromatic carbocycles. The summed E-state index contributed by atoms with van der Waals surface area (Å²) in [6, 6.07) is 0.596. The zero-order valence-corrected chi connectivity index (χ0v) is 24.0. The number of hydrogen-bond donors (Lipinski definition) is 5. The maximum Gasteiger partial charge on any atom is 0.303 e. The van der Waals surface area contributed by atoms with Gasteiger partial charge in [-0.25, -0.2) is 0 Å². The van der Waals surface area contributed by atoms with Crippen molar-refractivity contribution in [1.29, 1.82) is 0 Å². The topological polar surface area (TPSA) is 108 Å². The summed E-state index contributed by atoms with van der Waals surface area (Å²) in [5, 5.41) is 28.2. The standard InChI is InChI=1S/C31H57N3O3/c1-21(7-10-28(36)37)24-8-9-25-29-26(12-14-31(24,25)3)30(2)13-11-23(19-22(30)20-27(29)35)34-18-6-17-33-16-5-4-15-32/h21-27,29,33-35H,4-20,32H2,1-3H3,(H,36,37)/t21?,22-,23-,24-,25?,26?,27-,29?,30+,31-/m1/s1. The molecule has 10 atom stereocenters. The van der Waals surface area contributed by atoms with Crippen LogP contribution in [0.25, 0.3) is 0 Å². The lowest BCUT2D eigenvalue weighted by Crippen LogP contribution is -2.59. The monoisotopic (exact) mass is 519 g/mol. The number of nitrogens with two attached hydrogens (primary N) is 1. The van der Waals surface area contributed by atoms with Gasteiger partial charge in [0.05, 0.1) is 6.10 Å². The van der Waals surface area contributed by atoms with Crippen molar-refractivity contribution in [1.82, 2.24) is 10.6 Å². The molecule has 0 aromatic heterocycles. The van der Waals surface area contributed by atoms with Crippen molar-refractivity contribution in [3.63, 3.8) is 0 Å². The van der Waals surface area contributed by atoms with Crippen LogP contribution in [0, 0.1) is 46.3 Å². The maximum atomic E-state index is 11.6. The van der Waals surface area contributed by atoms with E-state index in [-0.39, 0.29) is 17.9 Å². The van der Waals surface area contributed by atoms with Crippen LogP contribution in [0.15, 0.2) is 0 Å². The van der Waals surface area contributed by atoms with Gasteiger partial charge in [-0.3, -0.25) is 4.79 Å². The van der Waals surface area contributed by atoms with Crippen LogP contribution in [0.4, 0.5) is 0 Å². The minimum atomic E-state index is -0.669. The quantitative estimate of drug-likeness (QED) is 0.224. The van der Waals surface area contributed by atoms with Gasteiger partial charge in [0, 0.05) is 12.5 Å². The Balaban J connectivity index is 1.31. The molecule has 4 aliphatic carbocycles. The molecular formula is C31H57N3O3. The molecule has 214 valence electrons. The first-order valence-electron chi connectivity index (χ1n) is 15.7. The third kappa shape index (κ3) is 6.23. The smallest absolute Gasteiger partial charge is 0.303 e. The first-order valence-corrected chi connectivity index (χ1v) is 15.7. The lowest BCUT2D eigenvalue weighted by molar-refractivity contribution is -0.167. The SMILES string of the molecule is CC(CCC(=O)O)[C@H]1CCC2C3C(CC[C@@]21C)[C@@]1(C)CC[C@@H](NCCCNCCCCN)C[C@@H]1C[C@H]3O. The normalized spacial score (nSPS) is 42.0. The van der Waals surface area contributed by atoms with Gasteiger partial charge in [-0.1, -0.05) is 20.8 Å². The molecule has 4 rings (SSSR count). The summed E-state index contributed by atoms with van der Waals surface area (Å²) in [4.78, 5) is 11.2. The van der Waals surface area contributed by atoms with Crippen LogP contribution < -0.4 is 16.4 Å². The third-order valence-electron chi connectivity index (χ3n) is 12.0. The third-order valence-corrected chi connectivity index (χ3v) is 12.0. The second kappa shape index (κ2) is 12.7. The van der Waals surface area contributed by atoms with Crippen LogP contribution in [0.1, 0.15) is 104 Å². The van der Waals surface area contributed by atoms with Crippen molar-refractivity contribution in [2.75, 3.05) is 26.2 Å². The van der Waals surface area contributed by atoms with E-state index in [1.54, 1.807) is 0 Å². The highest BCUT2D eigenvalue weighted by molar-refractivity contribution is 5.66. The second-order valence-electron chi connectivity index (χ2n) is 14.0. The van der Waals surface area contributed by atoms with Crippen LogP contribution in [0.3, 0.4) is 0 Å². The molecule has 37 heavy (non-hydrogen) atoms. The second-order valence-corrected chi connectivity index (χ2v) is 14.0. The van der Waals surface area contributed by atoms with Gasteiger partial charge in [-0.2, -0.15) is 0 Å². The van der Waals surface area contributed by atoms with Gasteiger partial charge in [-0.15, -0.1) is 0 Å². The molecule has 0 radical (unpaired) electrons. The van der Waals surface area contributed by atoms with E-state index in [1.807, 2.05) is 0 Å². The summed E-state index contributed by atoms with van der Waals surface area (Å²) < 4.78 is 0. The molecule has 0 heterocycles. The molecular weight excluding hydrogens is 462 g/mol. The predicted molar refractivity (Wildman–Crippen MR) is 150 cm³/mol. The highest BCUT2D eigenvalue weighted by atomic mass is 16.4. The van der Waals surface area contributed by atoms with E-state index in [1.165, 1.54) is 57.8 Å². The van der Waals surface area contributed by atoms with Gasteiger partial charge in [0.2, 0.25) is 0 Å². The zero-order valence-electron chi connectivity index (χ0n) is 24.0. The van der Waals surface area contributed by atoms with Gasteiger partial charge in [0.15, 0.2) is 0 Å². The van der Waals surface area contributed by atoms with Gasteiger partial charge >= 0.3 is 5.97 Å². The fourth-order valence-corrected chi connectivity index (χ4v) is 9.97. The highest BCUT2D eigenvalue weighted by Gasteiger charge is 2.62. The van der Waals surface area contributed by atoms with Crippen LogP contribution in [0.5, 0.6) is 0 Å². The number of carbonyl (C=O) groups is 1. The van der Waals surface area contributed by atoms with E-state index < -0.39 is 5.97 Å². The lowest BCUT2D eigenvalue weighted by atomic mass is 9.43. The summed E-state index contributed by atoms with van der Waals surface area (Å²) >= 11 is 0. The Morgan fingerprint density at radius 2 is 1.70 bits per heavy atom. The van der Waals surface area contributed by atoms with Crippen LogP contribution >= 0.6 is 0 Å². The maximum absolute atomic E-state index is 11.6. The van der Waals surface area contributed by atoms with Gasteiger partial charge < -0.3 is 26.6 Å². The molecule has 4 saturated carbocycles. The van der Waals surface area contributed by atoms with Crippen molar-refractivity contribution in [2.24, 2.45) is 52.1 Å². The Hall–Kier alpha value is -0.690. The summed E-state index contributed by atoms with van der Waals surface area (Å²) in [7, 11) is 0. The fourth-order valence-electron chi connectivity index (χ4n) is 9.97. The zero-order chi connectivity index (χ0) is 26.6. The Morgan fingerprint density at radius 3 is 2.46 bits per heavy atom. The number of rotatable bonds is 13. The first-order chi connectivity index (χ1) is 17.7. The number of carboxylic acid groups (broad SMARTS) is 1. The molecule has 6 heteroatoms. The van der Waals surface area contributed by atoms with Crippen LogP contribution in [0.2, 0.25) is 0 Å². The summed E-state index contributed by atoms with van der Waals surface area (Å²) in [6.07, 6.45) is 14.1. The van der Waals surface area contributed by atoms with Crippen LogP contribution in [-0.2, 0) is 4.79 Å². The largest absolute Gasteiger partial charge is 0.481 e. The van der Waals surface area contributed by atoms with E-state index in [9.17, 15) is 15.0 Å². The minimum Gasteiger partial charge on any atom is -0.481 e. The first kappa shape index (κ1) is 29.3. The number of carboxylic acids is 1. The van der Waals surface area contributed by atoms with E-state index in [0.29, 0.717) is 47.0 Å². The highest BCUT2D eigenvalue weighted by Crippen LogP contribution is 2.68. The summed E-state index contributed by atoms with van der Waals surface area (Å²) in [5.74, 6) is 2.69. The van der Waals surface area contributed by atoms with Crippen molar-refractivity contribution in [3.05, 3.63) is 0 Å². The summed E-state index contributed by atoms with van der Waals surface area (Å²) in [5.41, 5.74) is 6.19. The number of aliphatic carboxylic acids is 1. The molecule has 0 spiro atoms. The van der Waals surface area contributed by atoms with E-state index >= 15 is 0 Å². The van der Waals surface area contributed by atoms with Crippen molar-refractivity contribution in [3.8, 4) is 0 Å². The Morgan fingerprint density at radius 1 is 0.973 bits per heavy atom. The Kier molecular flexibility index (Phi) is 10.0. The van der Waals surface area contributed by atoms with E-state index in [2.05, 4.69) is 31.4 Å². The molecule has 0 amide bonds. The minimum absolute atomic E-state index is 0.169. The number of nitrogens with one attached hydrogen (secondary N) is 2.